The number of aliphatic hydroxyl groups excluding tert-OH is 1. The highest BCUT2D eigenvalue weighted by molar-refractivity contribution is 6.41. The zero-order chi connectivity index (χ0) is 23.8. The molecule has 0 aliphatic heterocycles. The van der Waals surface area contributed by atoms with Gasteiger partial charge in [-0.1, -0.05) is 32.0 Å². The first kappa shape index (κ1) is 26.1. The molecule has 2 rings (SSSR count). The predicted octanol–water partition coefficient (Wildman–Crippen LogP) is 4.98. The van der Waals surface area contributed by atoms with E-state index in [0.717, 1.165) is 42.5 Å². The fourth-order valence-corrected chi connectivity index (χ4v) is 3.91. The highest BCUT2D eigenvalue weighted by atomic mass is 35.5. The van der Waals surface area contributed by atoms with Crippen molar-refractivity contribution in [3.05, 3.63) is 35.3 Å². The van der Waals surface area contributed by atoms with Crippen LogP contribution >= 0.6 is 11.6 Å². The zero-order valence-corrected chi connectivity index (χ0v) is 20.6. The minimum absolute atomic E-state index is 0.120. The van der Waals surface area contributed by atoms with Crippen molar-refractivity contribution < 1.29 is 19.4 Å². The van der Waals surface area contributed by atoms with Gasteiger partial charge in [0.25, 0.3) is 0 Å². The SMILES string of the molecule is C=C(Cl)C(=N/C=C(/c1cnn(C)c1CO)C(C)CC)O[C@H]1CCC[C@H](C(=O)OC(C)C)C1. The monoisotopic (exact) mass is 465 g/mol. The van der Waals surface area contributed by atoms with E-state index in [1.54, 1.807) is 24.1 Å². The van der Waals surface area contributed by atoms with Crippen molar-refractivity contribution in [3.8, 4) is 0 Å². The molecule has 3 atom stereocenters. The number of aryl methyl sites for hydroxylation is 1. The molecular weight excluding hydrogens is 430 g/mol. The third-order valence-electron chi connectivity index (χ3n) is 5.81. The Morgan fingerprint density at radius 1 is 1.44 bits per heavy atom. The first-order chi connectivity index (χ1) is 15.2. The van der Waals surface area contributed by atoms with Crippen molar-refractivity contribution in [2.45, 2.75) is 78.6 Å². The van der Waals surface area contributed by atoms with Crippen molar-refractivity contribution in [3.63, 3.8) is 0 Å². The van der Waals surface area contributed by atoms with Crippen LogP contribution in [0, 0.1) is 11.8 Å². The van der Waals surface area contributed by atoms with Gasteiger partial charge in [-0.3, -0.25) is 9.48 Å². The Bertz CT molecular complexity index is 859. The highest BCUT2D eigenvalue weighted by Crippen LogP contribution is 2.30. The molecule has 1 unspecified atom stereocenters. The molecule has 1 aromatic rings. The average Bonchev–Trinajstić information content (AvgIpc) is 3.12. The Kier molecular flexibility index (Phi) is 9.97. The Morgan fingerprint density at radius 3 is 2.75 bits per heavy atom. The Labute approximate surface area is 196 Å². The second-order valence-corrected chi connectivity index (χ2v) is 9.06. The summed E-state index contributed by atoms with van der Waals surface area (Å²) in [6.45, 7) is 11.6. The summed E-state index contributed by atoms with van der Waals surface area (Å²) in [4.78, 5) is 16.9. The minimum Gasteiger partial charge on any atom is -0.473 e. The van der Waals surface area contributed by atoms with Crippen LogP contribution in [0.1, 0.15) is 71.1 Å². The van der Waals surface area contributed by atoms with Crippen LogP contribution in [0.15, 0.2) is 29.0 Å². The molecule has 1 N–H and O–H groups in total. The summed E-state index contributed by atoms with van der Waals surface area (Å²) < 4.78 is 13.1. The van der Waals surface area contributed by atoms with Crippen LogP contribution in [-0.4, -0.2) is 39.0 Å². The van der Waals surface area contributed by atoms with E-state index in [-0.39, 0.29) is 47.5 Å². The van der Waals surface area contributed by atoms with Crippen molar-refractivity contribution >= 4 is 29.0 Å². The molecule has 7 nitrogen and oxygen atoms in total. The summed E-state index contributed by atoms with van der Waals surface area (Å²) in [6.07, 6.45) is 7.07. The van der Waals surface area contributed by atoms with Gasteiger partial charge >= 0.3 is 5.97 Å². The van der Waals surface area contributed by atoms with Gasteiger partial charge in [0.15, 0.2) is 0 Å². The standard InChI is InChI=1S/C24H36ClN3O4/c1-7-16(4)20(21-13-27-28(6)22(21)14-29)12-26-23(17(5)25)32-19-10-8-9-18(11-19)24(30)31-15(2)3/h12-13,15-16,18-19,29H,5,7-11,14H2,1-4,6H3/b20-12+,26-23?/t16?,18-,19-/m0/s1. The molecule has 0 saturated heterocycles. The minimum atomic E-state index is -0.186. The number of hydrogen-bond donors (Lipinski definition) is 1. The summed E-state index contributed by atoms with van der Waals surface area (Å²) in [5.74, 6) is 0.0611. The molecule has 1 aliphatic carbocycles. The van der Waals surface area contributed by atoms with Gasteiger partial charge in [-0.05, 0) is 57.4 Å². The first-order valence-electron chi connectivity index (χ1n) is 11.3. The van der Waals surface area contributed by atoms with Gasteiger partial charge in [-0.25, -0.2) is 4.99 Å². The van der Waals surface area contributed by atoms with E-state index in [1.165, 1.54) is 0 Å². The third kappa shape index (κ3) is 6.94. The maximum atomic E-state index is 12.3. The lowest BCUT2D eigenvalue weighted by molar-refractivity contribution is -0.154. The number of carbonyl (C=O) groups excluding carboxylic acids is 1. The molecule has 8 heteroatoms. The molecule has 1 aromatic heterocycles. The highest BCUT2D eigenvalue weighted by Gasteiger charge is 2.30. The van der Waals surface area contributed by atoms with Crippen LogP contribution in [0.5, 0.6) is 0 Å². The van der Waals surface area contributed by atoms with E-state index in [2.05, 4.69) is 30.5 Å². The van der Waals surface area contributed by atoms with Crippen molar-refractivity contribution in [2.75, 3.05) is 0 Å². The molecule has 0 amide bonds. The number of rotatable bonds is 9. The quantitative estimate of drug-likeness (QED) is 0.316. The Morgan fingerprint density at radius 2 is 2.16 bits per heavy atom. The van der Waals surface area contributed by atoms with Crippen molar-refractivity contribution in [1.82, 2.24) is 9.78 Å². The maximum Gasteiger partial charge on any atom is 0.309 e. The number of aliphatic imine (C=N–C) groups is 1. The second kappa shape index (κ2) is 12.2. The topological polar surface area (TPSA) is 85.9 Å². The average molecular weight is 466 g/mol. The number of esters is 1. The van der Waals surface area contributed by atoms with Crippen LogP contribution in [0.4, 0.5) is 0 Å². The summed E-state index contributed by atoms with van der Waals surface area (Å²) in [6, 6.07) is 0. The van der Waals surface area contributed by atoms with Crippen molar-refractivity contribution in [2.24, 2.45) is 23.9 Å². The number of allylic oxidation sites excluding steroid dienone is 1. The van der Waals surface area contributed by atoms with Crippen LogP contribution in [0.25, 0.3) is 5.57 Å². The van der Waals surface area contributed by atoms with Gasteiger partial charge in [0.1, 0.15) is 6.10 Å². The molecule has 1 fully saturated rings. The Hall–Kier alpha value is -2.12. The van der Waals surface area contributed by atoms with E-state index in [4.69, 9.17) is 21.1 Å². The molecule has 1 heterocycles. The fraction of sp³-hybridized carbons (Fsp3) is 0.625. The number of ether oxygens (including phenoxy) is 2. The lowest BCUT2D eigenvalue weighted by Gasteiger charge is -2.29. The van der Waals surface area contributed by atoms with Gasteiger partial charge in [-0.2, -0.15) is 5.10 Å². The third-order valence-corrected chi connectivity index (χ3v) is 5.97. The first-order valence-corrected chi connectivity index (χ1v) is 11.7. The maximum absolute atomic E-state index is 12.3. The van der Waals surface area contributed by atoms with E-state index in [1.807, 2.05) is 13.8 Å². The molecule has 0 spiro atoms. The molecule has 178 valence electrons. The normalized spacial score (nSPS) is 20.9. The van der Waals surface area contributed by atoms with Gasteiger partial charge < -0.3 is 14.6 Å². The molecule has 1 aliphatic rings. The van der Waals surface area contributed by atoms with E-state index >= 15 is 0 Å². The summed E-state index contributed by atoms with van der Waals surface area (Å²) >= 11 is 6.21. The zero-order valence-electron chi connectivity index (χ0n) is 19.8. The molecular formula is C24H36ClN3O4. The molecule has 1 saturated carbocycles. The van der Waals surface area contributed by atoms with E-state index in [0.29, 0.717) is 6.42 Å². The van der Waals surface area contributed by atoms with Crippen LogP contribution < -0.4 is 0 Å². The van der Waals surface area contributed by atoms with Crippen molar-refractivity contribution in [1.29, 1.82) is 0 Å². The fourth-order valence-electron chi connectivity index (χ4n) is 3.82. The summed E-state index contributed by atoms with van der Waals surface area (Å²) in [5, 5.41) is 14.3. The van der Waals surface area contributed by atoms with E-state index < -0.39 is 0 Å². The number of aromatic nitrogens is 2. The number of hydrogen-bond acceptors (Lipinski definition) is 6. The largest absolute Gasteiger partial charge is 0.473 e. The molecule has 0 radical (unpaired) electrons. The van der Waals surface area contributed by atoms with Gasteiger partial charge in [0, 0.05) is 18.8 Å². The smallest absolute Gasteiger partial charge is 0.309 e. The second-order valence-electron chi connectivity index (χ2n) is 8.61. The van der Waals surface area contributed by atoms with Gasteiger partial charge in [0.2, 0.25) is 5.90 Å². The molecule has 0 aromatic carbocycles. The van der Waals surface area contributed by atoms with Gasteiger partial charge in [-0.15, -0.1) is 0 Å². The van der Waals surface area contributed by atoms with Crippen LogP contribution in [0.2, 0.25) is 0 Å². The number of halogens is 1. The van der Waals surface area contributed by atoms with Gasteiger partial charge in [0.05, 0.1) is 35.6 Å². The summed E-state index contributed by atoms with van der Waals surface area (Å²) in [7, 11) is 1.80. The molecule has 32 heavy (non-hydrogen) atoms. The summed E-state index contributed by atoms with van der Waals surface area (Å²) in [5.41, 5.74) is 2.50. The van der Waals surface area contributed by atoms with Crippen LogP contribution in [-0.2, 0) is 27.9 Å². The lowest BCUT2D eigenvalue weighted by atomic mass is 9.87. The number of nitrogens with zero attached hydrogens (tertiary/aromatic N) is 3. The molecule has 0 bridgehead atoms. The van der Waals surface area contributed by atoms with Crippen LogP contribution in [0.3, 0.4) is 0 Å². The lowest BCUT2D eigenvalue weighted by Crippen LogP contribution is -2.31. The number of carbonyl (C=O) groups is 1. The predicted molar refractivity (Wildman–Crippen MR) is 127 cm³/mol. The Balaban J connectivity index is 2.25. The number of aliphatic hydroxyl groups is 1. The van der Waals surface area contributed by atoms with E-state index in [9.17, 15) is 9.90 Å².